The Morgan fingerprint density at radius 3 is 1.12 bits per heavy atom. The van der Waals surface area contributed by atoms with Gasteiger partial charge in [-0.2, -0.15) is 0 Å². The van der Waals surface area contributed by atoms with Crippen LogP contribution in [-0.4, -0.2) is 95.0 Å². The van der Waals surface area contributed by atoms with E-state index < -0.39 is 85.5 Å². The average molecular weight is 1010 g/mol. The predicted molar refractivity (Wildman–Crippen MR) is 270 cm³/mol. The molecule has 0 heterocycles. The van der Waals surface area contributed by atoms with Crippen LogP contribution in [0, 0.1) is 0 Å². The van der Waals surface area contributed by atoms with E-state index in [1.54, 1.807) is 0 Å². The molecule has 0 aromatic heterocycles. The maximum absolute atomic E-state index is 12.2. The van der Waals surface area contributed by atoms with Gasteiger partial charge in [0.25, 0.3) is 0 Å². The number of allylic oxidation sites excluding steroid dienone is 10. The summed E-state index contributed by atoms with van der Waals surface area (Å²) >= 11 is 0. The first-order valence-electron chi connectivity index (χ1n) is 25.7. The summed E-state index contributed by atoms with van der Waals surface area (Å²) in [6.07, 6.45) is 46.3. The second-order valence-electron chi connectivity index (χ2n) is 17.2. The first-order valence-corrected chi connectivity index (χ1v) is 28.7. The molecule has 0 radical (unpaired) electrons. The van der Waals surface area contributed by atoms with E-state index >= 15 is 0 Å². The second-order valence-corrected chi connectivity index (χ2v) is 20.1. The molecule has 0 aromatic carbocycles. The van der Waals surface area contributed by atoms with Crippen molar-refractivity contribution in [2.24, 2.45) is 0 Å². The van der Waals surface area contributed by atoms with Crippen LogP contribution in [0.3, 0.4) is 0 Å². The Hall–Kier alpha value is -2.26. The number of carbonyl (C=O) groups excluding carboxylic acids is 2. The summed E-state index contributed by atoms with van der Waals surface area (Å²) in [4.78, 5) is 43.8. The van der Waals surface area contributed by atoms with Crippen molar-refractivity contribution in [1.29, 1.82) is 0 Å². The molecule has 396 valence electrons. The van der Waals surface area contributed by atoms with Gasteiger partial charge in [-0.05, 0) is 64.2 Å². The molecule has 68 heavy (non-hydrogen) atoms. The van der Waals surface area contributed by atoms with Crippen LogP contribution >= 0.6 is 15.6 Å². The summed E-state index contributed by atoms with van der Waals surface area (Å²) in [6.45, 7) is 0.260. The number of aliphatic hydroxyl groups is 3. The van der Waals surface area contributed by atoms with Gasteiger partial charge >= 0.3 is 27.6 Å². The van der Waals surface area contributed by atoms with Crippen LogP contribution in [0.1, 0.15) is 194 Å². The van der Waals surface area contributed by atoms with Gasteiger partial charge in [-0.1, -0.05) is 177 Å². The lowest BCUT2D eigenvalue weighted by atomic mass is 10.0. The fourth-order valence-corrected chi connectivity index (χ4v) is 8.13. The summed E-state index contributed by atoms with van der Waals surface area (Å²) in [6, 6.07) is 0. The van der Waals surface area contributed by atoms with Gasteiger partial charge in [-0.15, -0.1) is 0 Å². The van der Waals surface area contributed by atoms with Crippen LogP contribution < -0.4 is 0 Å². The third-order valence-electron chi connectivity index (χ3n) is 10.5. The number of phosphoric acid groups is 2. The lowest BCUT2D eigenvalue weighted by Gasteiger charge is -2.19. The van der Waals surface area contributed by atoms with Gasteiger partial charge in [0.15, 0.2) is 0 Å². The first kappa shape index (κ1) is 65.7. The van der Waals surface area contributed by atoms with E-state index in [4.69, 9.17) is 14.0 Å². The van der Waals surface area contributed by atoms with Gasteiger partial charge in [-0.25, -0.2) is 9.13 Å². The quantitative estimate of drug-likeness (QED) is 0.0126. The molecule has 0 amide bonds. The van der Waals surface area contributed by atoms with Crippen LogP contribution in [0.15, 0.2) is 60.8 Å². The number of hydrogen-bond donors (Lipinski definition) is 5. The molecule has 5 atom stereocenters. The Labute approximate surface area is 410 Å². The van der Waals surface area contributed by atoms with E-state index in [0.29, 0.717) is 12.8 Å². The molecule has 0 aliphatic rings. The number of rotatable bonds is 49. The number of phosphoric ester groups is 2. The number of hydrogen-bond acceptors (Lipinski definition) is 13. The van der Waals surface area contributed by atoms with Gasteiger partial charge in [0.05, 0.1) is 26.4 Å². The lowest BCUT2D eigenvalue weighted by Crippen LogP contribution is -2.25. The van der Waals surface area contributed by atoms with Gasteiger partial charge < -0.3 is 34.6 Å². The highest BCUT2D eigenvalue weighted by molar-refractivity contribution is 7.47. The maximum Gasteiger partial charge on any atom is 0.472 e. The molecule has 0 aromatic rings. The normalized spacial score (nSPS) is 15.5. The van der Waals surface area contributed by atoms with Crippen LogP contribution in [0.5, 0.6) is 0 Å². The van der Waals surface area contributed by atoms with E-state index in [1.807, 2.05) is 18.2 Å². The monoisotopic (exact) mass is 1010 g/mol. The summed E-state index contributed by atoms with van der Waals surface area (Å²) < 4.78 is 53.1. The smallest absolute Gasteiger partial charge is 0.463 e. The molecule has 0 saturated heterocycles. The van der Waals surface area contributed by atoms with Crippen molar-refractivity contribution < 1.29 is 71.4 Å². The fraction of sp³-hybridized carbons (Fsp3) is 0.765. The van der Waals surface area contributed by atoms with Gasteiger partial charge in [-0.3, -0.25) is 27.7 Å². The zero-order valence-corrected chi connectivity index (χ0v) is 43.5. The second kappa shape index (κ2) is 47.1. The number of unbranched alkanes of at least 4 members (excludes halogenated alkanes) is 21. The molecule has 0 bridgehead atoms. The molecule has 0 aliphatic carbocycles. The third kappa shape index (κ3) is 48.8. The SMILES string of the molecule is CC/C=C/C=C/C=C/CCCCCCCCCC(=O)OCC(O)COP(=O)(O)OCC(O)COP(=O)(O)OCC(O)COC(=O)CCCCCCCCCCCCC/C=C\C/C=C\CCCCC. The Balaban J connectivity index is 3.85. The number of ether oxygens (including phenoxy) is 2. The van der Waals surface area contributed by atoms with Gasteiger partial charge in [0.2, 0.25) is 0 Å². The van der Waals surface area contributed by atoms with Gasteiger partial charge in [0, 0.05) is 12.8 Å². The summed E-state index contributed by atoms with van der Waals surface area (Å²) in [7, 11) is -9.58. The van der Waals surface area contributed by atoms with Crippen LogP contribution in [0.2, 0.25) is 0 Å². The molecule has 0 saturated carbocycles. The summed E-state index contributed by atoms with van der Waals surface area (Å²) in [5.74, 6) is -1.01. The molecular formula is C51H92O15P2. The minimum atomic E-state index is -4.79. The maximum atomic E-state index is 12.2. The number of carbonyl (C=O) groups is 2. The molecule has 0 fully saturated rings. The van der Waals surface area contributed by atoms with Gasteiger partial charge in [0.1, 0.15) is 31.5 Å². The highest BCUT2D eigenvalue weighted by Gasteiger charge is 2.28. The largest absolute Gasteiger partial charge is 0.472 e. The van der Waals surface area contributed by atoms with E-state index in [9.17, 15) is 43.8 Å². The molecule has 0 rings (SSSR count). The number of esters is 2. The molecule has 5 N–H and O–H groups in total. The van der Waals surface area contributed by atoms with Crippen molar-refractivity contribution in [3.8, 4) is 0 Å². The first-order chi connectivity index (χ1) is 32.8. The molecule has 0 spiro atoms. The van der Waals surface area contributed by atoms with Crippen molar-refractivity contribution in [2.45, 2.75) is 212 Å². The van der Waals surface area contributed by atoms with Crippen molar-refractivity contribution in [3.05, 3.63) is 60.8 Å². The third-order valence-corrected chi connectivity index (χ3v) is 12.4. The average Bonchev–Trinajstić information content (AvgIpc) is 3.31. The topological polar surface area (TPSA) is 225 Å². The van der Waals surface area contributed by atoms with E-state index in [1.165, 1.54) is 70.6 Å². The highest BCUT2D eigenvalue weighted by atomic mass is 31.2. The van der Waals surface area contributed by atoms with E-state index in [-0.39, 0.29) is 12.8 Å². The van der Waals surface area contributed by atoms with Crippen molar-refractivity contribution in [3.63, 3.8) is 0 Å². The highest BCUT2D eigenvalue weighted by Crippen LogP contribution is 2.45. The van der Waals surface area contributed by atoms with E-state index in [2.05, 4.69) is 70.0 Å². The van der Waals surface area contributed by atoms with Crippen molar-refractivity contribution in [1.82, 2.24) is 0 Å². The lowest BCUT2D eigenvalue weighted by molar-refractivity contribution is -0.148. The predicted octanol–water partition coefficient (Wildman–Crippen LogP) is 12.2. The number of aliphatic hydroxyl groups excluding tert-OH is 3. The standard InChI is InChI=1S/C51H92O15P2/c1-3-5-7-9-11-13-15-17-19-20-21-22-23-24-26-28-30-32-34-36-38-40-51(56)62-42-48(53)44-64-68(59,60)66-46-49(54)45-65-67(57,58)63-43-47(52)41-61-50(55)39-37-35-33-31-29-27-25-18-16-14-12-10-8-6-4-2/h6,8,10-14,16-17,19,47-49,52-54H,3-5,7,9,15,18,20-46H2,1-2H3,(H,57,58)(H,59,60)/b8-6+,12-10+,13-11-,16-14+,19-17-. The minimum absolute atomic E-state index is 0.181. The minimum Gasteiger partial charge on any atom is -0.463 e. The Morgan fingerprint density at radius 2 is 0.735 bits per heavy atom. The van der Waals surface area contributed by atoms with Crippen molar-refractivity contribution in [2.75, 3.05) is 39.6 Å². The zero-order valence-electron chi connectivity index (χ0n) is 41.8. The van der Waals surface area contributed by atoms with Crippen molar-refractivity contribution >= 4 is 27.6 Å². The molecule has 17 heteroatoms. The zero-order chi connectivity index (χ0) is 50.2. The molecular weight excluding hydrogens is 914 g/mol. The fourth-order valence-electron chi connectivity index (χ4n) is 6.54. The molecule has 5 unspecified atom stereocenters. The Morgan fingerprint density at radius 1 is 0.412 bits per heavy atom. The van der Waals surface area contributed by atoms with Crippen LogP contribution in [0.25, 0.3) is 0 Å². The Kier molecular flexibility index (Phi) is 45.5. The molecule has 15 nitrogen and oxygen atoms in total. The summed E-state index contributed by atoms with van der Waals surface area (Å²) in [5, 5.41) is 30.1. The van der Waals surface area contributed by atoms with Crippen LogP contribution in [-0.2, 0) is 46.3 Å². The Bertz CT molecular complexity index is 1450. The van der Waals surface area contributed by atoms with E-state index in [0.717, 1.165) is 83.5 Å². The summed E-state index contributed by atoms with van der Waals surface area (Å²) in [5.41, 5.74) is 0. The molecule has 0 aliphatic heterocycles. The van der Waals surface area contributed by atoms with Crippen LogP contribution in [0.4, 0.5) is 0 Å².